The summed E-state index contributed by atoms with van der Waals surface area (Å²) in [6.45, 7) is 2.47. The van der Waals surface area contributed by atoms with Gasteiger partial charge in [-0.2, -0.15) is 0 Å². The fourth-order valence-electron chi connectivity index (χ4n) is 3.28. The Labute approximate surface area is 170 Å². The second kappa shape index (κ2) is 8.51. The van der Waals surface area contributed by atoms with Crippen molar-refractivity contribution in [1.82, 2.24) is 4.90 Å². The monoisotopic (exact) mass is 422 g/mol. The first-order valence-corrected chi connectivity index (χ1v) is 11.1. The number of aryl methyl sites for hydroxylation is 1. The Bertz CT molecular complexity index is 950. The van der Waals surface area contributed by atoms with Gasteiger partial charge in [-0.15, -0.1) is 0 Å². The predicted molar refractivity (Wildman–Crippen MR) is 111 cm³/mol. The molecular formula is C20H23ClN2O4S. The van der Waals surface area contributed by atoms with Crippen molar-refractivity contribution < 1.29 is 17.9 Å². The molecule has 0 aromatic heterocycles. The van der Waals surface area contributed by atoms with E-state index in [2.05, 4.69) is 5.32 Å². The van der Waals surface area contributed by atoms with Gasteiger partial charge in [0.1, 0.15) is 11.8 Å². The van der Waals surface area contributed by atoms with Gasteiger partial charge >= 0.3 is 0 Å². The van der Waals surface area contributed by atoms with Crippen LogP contribution in [0.3, 0.4) is 0 Å². The Morgan fingerprint density at radius 1 is 1.18 bits per heavy atom. The Hall–Kier alpha value is -2.09. The highest BCUT2D eigenvalue weighted by Gasteiger charge is 2.32. The number of carbonyl (C=O) groups is 1. The molecule has 0 spiro atoms. The number of anilines is 1. The van der Waals surface area contributed by atoms with Crippen LogP contribution in [0.15, 0.2) is 42.5 Å². The number of rotatable bonds is 5. The van der Waals surface area contributed by atoms with E-state index in [1.54, 1.807) is 12.1 Å². The minimum atomic E-state index is -3.05. The zero-order chi connectivity index (χ0) is 20.3. The Morgan fingerprint density at radius 2 is 1.82 bits per heavy atom. The van der Waals surface area contributed by atoms with Gasteiger partial charge in [0.05, 0.1) is 24.3 Å². The molecule has 0 radical (unpaired) electrons. The molecule has 0 bridgehead atoms. The summed E-state index contributed by atoms with van der Waals surface area (Å²) in [6.07, 6.45) is 0. The van der Waals surface area contributed by atoms with Crippen LogP contribution in [-0.4, -0.2) is 50.9 Å². The number of benzene rings is 2. The van der Waals surface area contributed by atoms with Crippen molar-refractivity contribution in [3.8, 4) is 5.75 Å². The van der Waals surface area contributed by atoms with Gasteiger partial charge in [-0.05, 0) is 24.1 Å². The summed E-state index contributed by atoms with van der Waals surface area (Å²) in [7, 11) is -1.53. The lowest BCUT2D eigenvalue weighted by Crippen LogP contribution is -2.46. The number of hydrogen-bond donors (Lipinski definition) is 1. The maximum Gasteiger partial charge on any atom is 0.246 e. The van der Waals surface area contributed by atoms with Gasteiger partial charge in [-0.3, -0.25) is 9.69 Å². The van der Waals surface area contributed by atoms with Crippen LogP contribution in [0.1, 0.15) is 17.2 Å². The Morgan fingerprint density at radius 3 is 2.43 bits per heavy atom. The molecular weight excluding hydrogens is 400 g/mol. The van der Waals surface area contributed by atoms with E-state index >= 15 is 0 Å². The summed E-state index contributed by atoms with van der Waals surface area (Å²) >= 11 is 6.15. The van der Waals surface area contributed by atoms with Crippen molar-refractivity contribution in [2.45, 2.75) is 13.0 Å². The standard InChI is InChI=1S/C20H23ClN2O4S/c1-14-12-17(18(27-2)13-16(14)21)22-20(24)19(15-6-4-3-5-7-15)23-8-10-28(25,26)11-9-23/h3-7,12-13,19H,8-11H2,1-2H3,(H,22,24). The number of nitrogens with zero attached hydrogens (tertiary/aromatic N) is 1. The van der Waals surface area contributed by atoms with Gasteiger partial charge in [0, 0.05) is 24.2 Å². The molecule has 1 fully saturated rings. The van der Waals surface area contributed by atoms with Crippen molar-refractivity contribution >= 4 is 33.0 Å². The predicted octanol–water partition coefficient (Wildman–Crippen LogP) is 3.07. The zero-order valence-corrected chi connectivity index (χ0v) is 17.4. The second-order valence-electron chi connectivity index (χ2n) is 6.79. The number of carbonyl (C=O) groups excluding carboxylic acids is 1. The minimum Gasteiger partial charge on any atom is -0.495 e. The van der Waals surface area contributed by atoms with Gasteiger partial charge in [0.25, 0.3) is 0 Å². The molecule has 1 heterocycles. The molecule has 150 valence electrons. The van der Waals surface area contributed by atoms with Crippen LogP contribution in [0.25, 0.3) is 0 Å². The van der Waals surface area contributed by atoms with E-state index in [9.17, 15) is 13.2 Å². The molecule has 0 saturated carbocycles. The van der Waals surface area contributed by atoms with E-state index in [4.69, 9.17) is 16.3 Å². The molecule has 1 saturated heterocycles. The molecule has 1 N–H and O–H groups in total. The lowest BCUT2D eigenvalue weighted by molar-refractivity contribution is -0.121. The molecule has 1 unspecified atom stereocenters. The highest BCUT2D eigenvalue weighted by atomic mass is 35.5. The highest BCUT2D eigenvalue weighted by Crippen LogP contribution is 2.32. The van der Waals surface area contributed by atoms with Gasteiger partial charge in [-0.1, -0.05) is 41.9 Å². The molecule has 28 heavy (non-hydrogen) atoms. The molecule has 1 aliphatic heterocycles. The summed E-state index contributed by atoms with van der Waals surface area (Å²) < 4.78 is 29.0. The number of halogens is 1. The number of sulfone groups is 1. The van der Waals surface area contributed by atoms with Crippen molar-refractivity contribution in [2.75, 3.05) is 37.0 Å². The molecule has 1 amide bonds. The van der Waals surface area contributed by atoms with Crippen LogP contribution in [0.4, 0.5) is 5.69 Å². The number of ether oxygens (including phenoxy) is 1. The first-order chi connectivity index (χ1) is 13.3. The number of hydrogen-bond acceptors (Lipinski definition) is 5. The summed E-state index contributed by atoms with van der Waals surface area (Å²) in [5.74, 6) is 0.322. The zero-order valence-electron chi connectivity index (χ0n) is 15.8. The van der Waals surface area contributed by atoms with Crippen LogP contribution in [0.5, 0.6) is 5.75 Å². The Balaban J connectivity index is 1.91. The fourth-order valence-corrected chi connectivity index (χ4v) is 4.66. The minimum absolute atomic E-state index is 0.0486. The van der Waals surface area contributed by atoms with E-state index < -0.39 is 15.9 Å². The fraction of sp³-hybridized carbons (Fsp3) is 0.350. The first-order valence-electron chi connectivity index (χ1n) is 8.95. The summed E-state index contributed by atoms with van der Waals surface area (Å²) in [6, 6.07) is 12.2. The smallest absolute Gasteiger partial charge is 0.246 e. The quantitative estimate of drug-likeness (QED) is 0.801. The van der Waals surface area contributed by atoms with Crippen LogP contribution in [0.2, 0.25) is 5.02 Å². The van der Waals surface area contributed by atoms with Crippen molar-refractivity contribution in [3.63, 3.8) is 0 Å². The molecule has 0 aliphatic carbocycles. The lowest BCUT2D eigenvalue weighted by atomic mass is 10.0. The second-order valence-corrected chi connectivity index (χ2v) is 9.50. The lowest BCUT2D eigenvalue weighted by Gasteiger charge is -2.33. The molecule has 3 rings (SSSR count). The normalized spacial score (nSPS) is 17.7. The molecule has 6 nitrogen and oxygen atoms in total. The van der Waals surface area contributed by atoms with E-state index in [-0.39, 0.29) is 17.4 Å². The average Bonchev–Trinajstić information content (AvgIpc) is 2.67. The maximum atomic E-state index is 13.2. The molecule has 8 heteroatoms. The highest BCUT2D eigenvalue weighted by molar-refractivity contribution is 7.91. The third kappa shape index (κ3) is 4.66. The van der Waals surface area contributed by atoms with Crippen LogP contribution in [-0.2, 0) is 14.6 Å². The SMILES string of the molecule is COc1cc(Cl)c(C)cc1NC(=O)C(c1ccccc1)N1CCS(=O)(=O)CC1. The van der Waals surface area contributed by atoms with E-state index in [1.807, 2.05) is 42.2 Å². The maximum absolute atomic E-state index is 13.2. The number of methoxy groups -OCH3 is 1. The van der Waals surface area contributed by atoms with Gasteiger partial charge in [0.15, 0.2) is 9.84 Å². The van der Waals surface area contributed by atoms with Crippen molar-refractivity contribution in [2.24, 2.45) is 0 Å². The van der Waals surface area contributed by atoms with Gasteiger partial charge in [-0.25, -0.2) is 8.42 Å². The first kappa shape index (κ1) is 20.6. The third-order valence-corrected chi connectivity index (χ3v) is 6.86. The van der Waals surface area contributed by atoms with Crippen LogP contribution < -0.4 is 10.1 Å². The summed E-state index contributed by atoms with van der Waals surface area (Å²) in [4.78, 5) is 15.2. The van der Waals surface area contributed by atoms with Crippen LogP contribution >= 0.6 is 11.6 Å². The molecule has 1 aliphatic rings. The third-order valence-electron chi connectivity index (χ3n) is 4.85. The topological polar surface area (TPSA) is 75.7 Å². The molecule has 2 aromatic carbocycles. The van der Waals surface area contributed by atoms with E-state index in [1.165, 1.54) is 7.11 Å². The van der Waals surface area contributed by atoms with Crippen molar-refractivity contribution in [1.29, 1.82) is 0 Å². The van der Waals surface area contributed by atoms with Crippen molar-refractivity contribution in [3.05, 3.63) is 58.6 Å². The molecule has 2 aromatic rings. The Kier molecular flexibility index (Phi) is 6.27. The molecule has 1 atom stereocenters. The van der Waals surface area contributed by atoms with E-state index in [0.717, 1.165) is 11.1 Å². The summed E-state index contributed by atoms with van der Waals surface area (Å²) in [5.41, 5.74) is 2.15. The largest absolute Gasteiger partial charge is 0.495 e. The average molecular weight is 423 g/mol. The number of amides is 1. The van der Waals surface area contributed by atoms with E-state index in [0.29, 0.717) is 29.5 Å². The van der Waals surface area contributed by atoms with Gasteiger partial charge < -0.3 is 10.1 Å². The van der Waals surface area contributed by atoms with Crippen LogP contribution in [0, 0.1) is 6.92 Å². The number of nitrogens with one attached hydrogen (secondary N) is 1. The summed E-state index contributed by atoms with van der Waals surface area (Å²) in [5, 5.41) is 3.48. The van der Waals surface area contributed by atoms with Gasteiger partial charge in [0.2, 0.25) is 5.91 Å².